The first-order valence-electron chi connectivity index (χ1n) is 4.91. The summed E-state index contributed by atoms with van der Waals surface area (Å²) in [6.45, 7) is 5.20. The Bertz CT molecular complexity index is 471. The van der Waals surface area contributed by atoms with Gasteiger partial charge in [0.05, 0.1) is 4.92 Å². The lowest BCUT2D eigenvalue weighted by molar-refractivity contribution is -0.388. The first kappa shape index (κ1) is 14.0. The molecule has 0 fully saturated rings. The second-order valence-electron chi connectivity index (χ2n) is 3.56. The standard InChI is InChI=1S/C11H10F3NO3/c1-3-7(2)8-4-5-9(15(16)17)10(6-8)18-11(12,13)14/h3-7H,1H2,2H3. The fourth-order valence-electron chi connectivity index (χ4n) is 1.31. The van der Waals surface area contributed by atoms with Crippen LogP contribution in [0.15, 0.2) is 30.9 Å². The van der Waals surface area contributed by atoms with Crippen molar-refractivity contribution in [1.29, 1.82) is 0 Å². The number of nitrogens with zero attached hydrogens (tertiary/aromatic N) is 1. The lowest BCUT2D eigenvalue weighted by Crippen LogP contribution is -2.18. The molecule has 0 bridgehead atoms. The van der Waals surface area contributed by atoms with E-state index in [0.29, 0.717) is 5.56 Å². The fraction of sp³-hybridized carbons (Fsp3) is 0.273. The molecule has 18 heavy (non-hydrogen) atoms. The van der Waals surface area contributed by atoms with Crippen molar-refractivity contribution in [3.8, 4) is 5.75 Å². The topological polar surface area (TPSA) is 52.4 Å². The highest BCUT2D eigenvalue weighted by Gasteiger charge is 2.34. The summed E-state index contributed by atoms with van der Waals surface area (Å²) in [5.74, 6) is -1.06. The summed E-state index contributed by atoms with van der Waals surface area (Å²) in [5.41, 5.74) is -0.276. The fourth-order valence-corrected chi connectivity index (χ4v) is 1.31. The van der Waals surface area contributed by atoms with Gasteiger partial charge in [0.25, 0.3) is 0 Å². The molecule has 1 unspecified atom stereocenters. The van der Waals surface area contributed by atoms with Crippen LogP contribution in [-0.2, 0) is 0 Å². The minimum atomic E-state index is -4.97. The van der Waals surface area contributed by atoms with Crippen molar-refractivity contribution in [3.05, 3.63) is 46.5 Å². The minimum absolute atomic E-state index is 0.235. The molecule has 0 saturated heterocycles. The highest BCUT2D eigenvalue weighted by Crippen LogP contribution is 2.34. The monoisotopic (exact) mass is 261 g/mol. The average Bonchev–Trinajstić information content (AvgIpc) is 2.25. The molecule has 0 aromatic heterocycles. The van der Waals surface area contributed by atoms with Crippen molar-refractivity contribution in [2.45, 2.75) is 19.2 Å². The summed E-state index contributed by atoms with van der Waals surface area (Å²) < 4.78 is 40.1. The highest BCUT2D eigenvalue weighted by atomic mass is 19.4. The van der Waals surface area contributed by atoms with Crippen LogP contribution in [0.5, 0.6) is 5.75 Å². The van der Waals surface area contributed by atoms with Gasteiger partial charge in [-0.05, 0) is 17.5 Å². The van der Waals surface area contributed by atoms with Gasteiger partial charge in [-0.2, -0.15) is 0 Å². The molecule has 1 rings (SSSR count). The summed E-state index contributed by atoms with van der Waals surface area (Å²) in [6.07, 6.45) is -3.46. The Morgan fingerprint density at radius 3 is 2.56 bits per heavy atom. The van der Waals surface area contributed by atoms with Gasteiger partial charge in [-0.3, -0.25) is 10.1 Å². The number of benzene rings is 1. The highest BCUT2D eigenvalue weighted by molar-refractivity contribution is 5.49. The molecule has 0 aliphatic carbocycles. The first-order valence-corrected chi connectivity index (χ1v) is 4.91. The van der Waals surface area contributed by atoms with Gasteiger partial charge in [0, 0.05) is 6.07 Å². The molecule has 4 nitrogen and oxygen atoms in total. The van der Waals surface area contributed by atoms with Crippen molar-refractivity contribution < 1.29 is 22.8 Å². The van der Waals surface area contributed by atoms with Gasteiger partial charge in [0.1, 0.15) is 0 Å². The van der Waals surface area contributed by atoms with Crippen LogP contribution in [0.4, 0.5) is 18.9 Å². The van der Waals surface area contributed by atoms with E-state index in [2.05, 4.69) is 11.3 Å². The first-order chi connectivity index (χ1) is 8.24. The maximum atomic E-state index is 12.1. The largest absolute Gasteiger partial charge is 0.573 e. The zero-order valence-electron chi connectivity index (χ0n) is 9.40. The van der Waals surface area contributed by atoms with Crippen LogP contribution in [0.2, 0.25) is 0 Å². The van der Waals surface area contributed by atoms with E-state index in [9.17, 15) is 23.3 Å². The van der Waals surface area contributed by atoms with Crippen molar-refractivity contribution in [2.24, 2.45) is 0 Å². The molecular formula is C11H10F3NO3. The van der Waals surface area contributed by atoms with E-state index in [1.54, 1.807) is 6.92 Å². The molecule has 0 aliphatic heterocycles. The molecule has 1 aromatic carbocycles. The van der Waals surface area contributed by atoms with E-state index in [1.807, 2.05) is 0 Å². The number of halogens is 3. The van der Waals surface area contributed by atoms with Crippen LogP contribution in [-0.4, -0.2) is 11.3 Å². The van der Waals surface area contributed by atoms with Crippen LogP contribution in [0, 0.1) is 10.1 Å². The number of nitro benzene ring substituents is 1. The van der Waals surface area contributed by atoms with Crippen LogP contribution >= 0.6 is 0 Å². The number of rotatable bonds is 4. The third-order valence-electron chi connectivity index (χ3n) is 2.29. The molecule has 1 aromatic rings. The quantitative estimate of drug-likeness (QED) is 0.470. The van der Waals surface area contributed by atoms with Crippen molar-refractivity contribution in [1.82, 2.24) is 0 Å². The van der Waals surface area contributed by atoms with Crippen LogP contribution in [0.25, 0.3) is 0 Å². The number of hydrogen-bond donors (Lipinski definition) is 0. The molecule has 0 spiro atoms. The number of nitro groups is 1. The van der Waals surface area contributed by atoms with E-state index < -0.39 is 22.7 Å². The average molecular weight is 261 g/mol. The van der Waals surface area contributed by atoms with E-state index >= 15 is 0 Å². The van der Waals surface area contributed by atoms with Gasteiger partial charge < -0.3 is 4.74 Å². The maximum absolute atomic E-state index is 12.1. The number of hydrogen-bond acceptors (Lipinski definition) is 3. The molecule has 0 radical (unpaired) electrons. The number of alkyl halides is 3. The molecular weight excluding hydrogens is 251 g/mol. The predicted molar refractivity (Wildman–Crippen MR) is 58.4 cm³/mol. The summed E-state index contributed by atoms with van der Waals surface area (Å²) in [5, 5.41) is 10.6. The molecule has 0 amide bonds. The number of allylic oxidation sites excluding steroid dienone is 1. The molecule has 7 heteroatoms. The zero-order chi connectivity index (χ0) is 13.9. The second kappa shape index (κ2) is 5.07. The van der Waals surface area contributed by atoms with Gasteiger partial charge in [-0.1, -0.05) is 19.1 Å². The molecule has 0 N–H and O–H groups in total. The number of ether oxygens (including phenoxy) is 1. The smallest absolute Gasteiger partial charge is 0.398 e. The van der Waals surface area contributed by atoms with Gasteiger partial charge in [0.15, 0.2) is 0 Å². The van der Waals surface area contributed by atoms with E-state index in [1.165, 1.54) is 12.1 Å². The SMILES string of the molecule is C=CC(C)c1ccc([N+](=O)[O-])c(OC(F)(F)F)c1. The Hall–Kier alpha value is -2.05. The predicted octanol–water partition coefficient (Wildman–Crippen LogP) is 3.78. The van der Waals surface area contributed by atoms with Gasteiger partial charge >= 0.3 is 12.0 Å². The lowest BCUT2D eigenvalue weighted by atomic mass is 10.0. The van der Waals surface area contributed by atoms with Gasteiger partial charge in [-0.25, -0.2) is 0 Å². The molecule has 0 saturated carbocycles. The Kier molecular flexibility index (Phi) is 3.95. The summed E-state index contributed by atoms with van der Waals surface area (Å²) >= 11 is 0. The van der Waals surface area contributed by atoms with E-state index in [0.717, 1.165) is 12.1 Å². The van der Waals surface area contributed by atoms with Gasteiger partial charge in [-0.15, -0.1) is 19.8 Å². The Morgan fingerprint density at radius 1 is 1.50 bits per heavy atom. The zero-order valence-corrected chi connectivity index (χ0v) is 9.40. The molecule has 0 heterocycles. The third-order valence-corrected chi connectivity index (χ3v) is 2.29. The Balaban J connectivity index is 3.24. The third kappa shape index (κ3) is 3.47. The van der Waals surface area contributed by atoms with Crippen LogP contribution in [0.1, 0.15) is 18.4 Å². The molecule has 0 aliphatic rings. The second-order valence-corrected chi connectivity index (χ2v) is 3.56. The maximum Gasteiger partial charge on any atom is 0.573 e. The van der Waals surface area contributed by atoms with E-state index in [4.69, 9.17) is 0 Å². The van der Waals surface area contributed by atoms with Crippen molar-refractivity contribution in [3.63, 3.8) is 0 Å². The van der Waals surface area contributed by atoms with Crippen molar-refractivity contribution >= 4 is 5.69 Å². The lowest BCUT2D eigenvalue weighted by Gasteiger charge is -2.12. The normalized spacial score (nSPS) is 12.9. The molecule has 1 atom stereocenters. The van der Waals surface area contributed by atoms with Gasteiger partial charge in [0.2, 0.25) is 5.75 Å². The molecule has 98 valence electrons. The van der Waals surface area contributed by atoms with Crippen LogP contribution in [0.3, 0.4) is 0 Å². The Morgan fingerprint density at radius 2 is 2.11 bits per heavy atom. The van der Waals surface area contributed by atoms with Crippen molar-refractivity contribution in [2.75, 3.05) is 0 Å². The summed E-state index contributed by atoms with van der Waals surface area (Å²) in [4.78, 5) is 9.67. The van der Waals surface area contributed by atoms with Crippen LogP contribution < -0.4 is 4.74 Å². The Labute approximate surface area is 101 Å². The minimum Gasteiger partial charge on any atom is -0.398 e. The summed E-state index contributed by atoms with van der Waals surface area (Å²) in [7, 11) is 0. The summed E-state index contributed by atoms with van der Waals surface area (Å²) in [6, 6.07) is 3.35. The van der Waals surface area contributed by atoms with E-state index in [-0.39, 0.29) is 5.92 Å².